The van der Waals surface area contributed by atoms with Crippen LogP contribution in [0.15, 0.2) is 109 Å². The maximum atomic E-state index is 14.1. The van der Waals surface area contributed by atoms with Crippen molar-refractivity contribution in [3.63, 3.8) is 0 Å². The molecule has 5 rings (SSSR count). The Morgan fingerprint density at radius 2 is 1.32 bits per heavy atom. The summed E-state index contributed by atoms with van der Waals surface area (Å²) in [6.07, 6.45) is 0.108. The number of rotatable bonds is 7. The minimum Gasteiger partial charge on any atom is -0.365 e. The maximum absolute atomic E-state index is 14.1. The molecule has 0 bridgehead atoms. The monoisotopic (exact) mass is 489 g/mol. The highest BCUT2D eigenvalue weighted by Gasteiger charge is 2.35. The van der Waals surface area contributed by atoms with Gasteiger partial charge in [0.1, 0.15) is 0 Å². The highest BCUT2D eigenvalue weighted by molar-refractivity contribution is 6.03. The van der Waals surface area contributed by atoms with Crippen LogP contribution in [-0.4, -0.2) is 18.4 Å². The number of carbonyl (C=O) groups is 2. The smallest absolute Gasteiger partial charge is 0.232 e. The third kappa shape index (κ3) is 5.89. The topological polar surface area (TPSA) is 52.7 Å². The van der Waals surface area contributed by atoms with Gasteiger partial charge >= 0.3 is 0 Å². The molecule has 0 spiro atoms. The Morgan fingerprint density at radius 3 is 1.97 bits per heavy atom. The van der Waals surface area contributed by atoms with E-state index in [2.05, 4.69) is 28.4 Å². The van der Waals surface area contributed by atoms with Crippen molar-refractivity contribution in [3.8, 4) is 0 Å². The van der Waals surface area contributed by atoms with Crippen LogP contribution in [0.3, 0.4) is 0 Å². The molecular weight excluding hydrogens is 458 g/mol. The molecule has 0 saturated heterocycles. The maximum Gasteiger partial charge on any atom is 0.232 e. The molecule has 1 heterocycles. The van der Waals surface area contributed by atoms with Crippen molar-refractivity contribution in [2.45, 2.75) is 26.4 Å². The molecule has 0 saturated carbocycles. The molecule has 1 unspecified atom stereocenters. The Kier molecular flexibility index (Phi) is 7.31. The van der Waals surface area contributed by atoms with Gasteiger partial charge in [0.05, 0.1) is 23.8 Å². The number of fused-ring (bicyclic) bond motifs is 1. The molecule has 5 nitrogen and oxygen atoms in total. The van der Waals surface area contributed by atoms with E-state index in [9.17, 15) is 9.59 Å². The first kappa shape index (κ1) is 24.3. The summed E-state index contributed by atoms with van der Waals surface area (Å²) in [5.41, 5.74) is 5.94. The molecule has 1 atom stereocenters. The second-order valence-electron chi connectivity index (χ2n) is 9.58. The summed E-state index contributed by atoms with van der Waals surface area (Å²) in [4.78, 5) is 31.3. The summed E-state index contributed by atoms with van der Waals surface area (Å²) in [6, 6.07) is 36.0. The summed E-state index contributed by atoms with van der Waals surface area (Å²) in [5, 5.41) is 2.98. The normalized spacial score (nSPS) is 15.2. The van der Waals surface area contributed by atoms with E-state index >= 15 is 0 Å². The van der Waals surface area contributed by atoms with Crippen molar-refractivity contribution in [2.24, 2.45) is 5.92 Å². The number of carbonyl (C=O) groups excluding carboxylic acids is 2. The molecular formula is C32H31N3O2. The Bertz CT molecular complexity index is 1350. The molecule has 1 aliphatic rings. The predicted molar refractivity (Wildman–Crippen MR) is 149 cm³/mol. The zero-order chi connectivity index (χ0) is 25.6. The van der Waals surface area contributed by atoms with Gasteiger partial charge in [-0.25, -0.2) is 0 Å². The van der Waals surface area contributed by atoms with E-state index < -0.39 is 5.92 Å². The van der Waals surface area contributed by atoms with E-state index in [4.69, 9.17) is 0 Å². The lowest BCUT2D eigenvalue weighted by molar-refractivity contribution is -0.126. The average molecular weight is 490 g/mol. The molecule has 0 aliphatic carbocycles. The molecule has 186 valence electrons. The van der Waals surface area contributed by atoms with Gasteiger partial charge in [0, 0.05) is 25.2 Å². The molecule has 37 heavy (non-hydrogen) atoms. The predicted octanol–water partition coefficient (Wildman–Crippen LogP) is 6.19. The fraction of sp³-hybridized carbons (Fsp3) is 0.188. The number of benzene rings is 4. The van der Waals surface area contributed by atoms with Crippen LogP contribution >= 0.6 is 0 Å². The largest absolute Gasteiger partial charge is 0.365 e. The lowest BCUT2D eigenvalue weighted by Crippen LogP contribution is -2.39. The van der Waals surface area contributed by atoms with Gasteiger partial charge in [-0.2, -0.15) is 0 Å². The van der Waals surface area contributed by atoms with E-state index in [0.717, 1.165) is 33.8 Å². The van der Waals surface area contributed by atoms with Crippen molar-refractivity contribution in [1.82, 2.24) is 0 Å². The summed E-state index contributed by atoms with van der Waals surface area (Å²) in [6.45, 7) is 3.57. The van der Waals surface area contributed by atoms with Crippen molar-refractivity contribution in [1.29, 1.82) is 0 Å². The van der Waals surface area contributed by atoms with Crippen LogP contribution in [0.25, 0.3) is 0 Å². The van der Waals surface area contributed by atoms with Crippen molar-refractivity contribution in [2.75, 3.05) is 21.7 Å². The SMILES string of the molecule is Cc1ccc(NC(=O)CC2CN(Cc3ccccc3)c3ccccc3N(Cc3ccccc3)C2=O)cc1. The van der Waals surface area contributed by atoms with E-state index in [1.165, 1.54) is 0 Å². The summed E-state index contributed by atoms with van der Waals surface area (Å²) < 4.78 is 0. The van der Waals surface area contributed by atoms with E-state index in [1.807, 2.05) is 103 Å². The number of aryl methyl sites for hydroxylation is 1. The van der Waals surface area contributed by atoms with Gasteiger partial charge in [-0.1, -0.05) is 90.5 Å². The van der Waals surface area contributed by atoms with Gasteiger partial charge < -0.3 is 15.1 Å². The van der Waals surface area contributed by atoms with Crippen molar-refractivity contribution in [3.05, 3.63) is 126 Å². The Morgan fingerprint density at radius 1 is 0.757 bits per heavy atom. The van der Waals surface area contributed by atoms with Crippen LogP contribution in [0, 0.1) is 12.8 Å². The Balaban J connectivity index is 1.47. The van der Waals surface area contributed by atoms with Gasteiger partial charge in [0.15, 0.2) is 0 Å². The molecule has 2 amide bonds. The van der Waals surface area contributed by atoms with E-state index in [1.54, 1.807) is 0 Å². The summed E-state index contributed by atoms with van der Waals surface area (Å²) in [5.74, 6) is -0.691. The van der Waals surface area contributed by atoms with Crippen LogP contribution in [0.2, 0.25) is 0 Å². The van der Waals surface area contributed by atoms with Crippen LogP contribution in [-0.2, 0) is 22.7 Å². The molecule has 0 radical (unpaired) electrons. The van der Waals surface area contributed by atoms with Crippen LogP contribution in [0.1, 0.15) is 23.1 Å². The van der Waals surface area contributed by atoms with Crippen molar-refractivity contribution >= 4 is 28.9 Å². The third-order valence-electron chi connectivity index (χ3n) is 6.74. The molecule has 1 aliphatic heterocycles. The number of para-hydroxylation sites is 2. The minimum absolute atomic E-state index is 0.0362. The Labute approximate surface area is 218 Å². The number of nitrogens with zero attached hydrogens (tertiary/aromatic N) is 2. The third-order valence-corrected chi connectivity index (χ3v) is 6.74. The lowest BCUT2D eigenvalue weighted by atomic mass is 10.0. The van der Waals surface area contributed by atoms with E-state index in [-0.39, 0.29) is 18.2 Å². The average Bonchev–Trinajstić information content (AvgIpc) is 3.02. The van der Waals surface area contributed by atoms with Gasteiger partial charge in [0.25, 0.3) is 0 Å². The van der Waals surface area contributed by atoms with Crippen LogP contribution in [0.4, 0.5) is 17.1 Å². The quantitative estimate of drug-likeness (QED) is 0.337. The molecule has 0 aromatic heterocycles. The minimum atomic E-state index is -0.495. The number of nitrogens with one attached hydrogen (secondary N) is 1. The fourth-order valence-electron chi connectivity index (χ4n) is 4.85. The Hall–Kier alpha value is -4.38. The van der Waals surface area contributed by atoms with Gasteiger partial charge in [-0.3, -0.25) is 9.59 Å². The number of amides is 2. The molecule has 1 N–H and O–H groups in total. The molecule has 4 aromatic rings. The van der Waals surface area contributed by atoms with Crippen LogP contribution in [0.5, 0.6) is 0 Å². The van der Waals surface area contributed by atoms with E-state index in [0.29, 0.717) is 19.6 Å². The first-order valence-electron chi connectivity index (χ1n) is 12.7. The zero-order valence-corrected chi connectivity index (χ0v) is 21.0. The van der Waals surface area contributed by atoms with Crippen molar-refractivity contribution < 1.29 is 9.59 Å². The van der Waals surface area contributed by atoms with Gasteiger partial charge in [0.2, 0.25) is 11.8 Å². The second kappa shape index (κ2) is 11.1. The first-order valence-corrected chi connectivity index (χ1v) is 12.7. The highest BCUT2D eigenvalue weighted by atomic mass is 16.2. The lowest BCUT2D eigenvalue weighted by Gasteiger charge is -2.27. The zero-order valence-electron chi connectivity index (χ0n) is 21.0. The highest BCUT2D eigenvalue weighted by Crippen LogP contribution is 2.36. The summed E-state index contributed by atoms with van der Waals surface area (Å²) >= 11 is 0. The van der Waals surface area contributed by atoms with Gasteiger partial charge in [-0.15, -0.1) is 0 Å². The second-order valence-corrected chi connectivity index (χ2v) is 9.58. The number of anilines is 3. The number of hydrogen-bond acceptors (Lipinski definition) is 3. The molecule has 0 fully saturated rings. The summed E-state index contributed by atoms with van der Waals surface area (Å²) in [7, 11) is 0. The van der Waals surface area contributed by atoms with Crippen LogP contribution < -0.4 is 15.1 Å². The fourth-order valence-corrected chi connectivity index (χ4v) is 4.85. The standard InChI is InChI=1S/C32H31N3O2/c1-24-16-18-28(19-17-24)33-31(36)20-27-23-34(21-25-10-4-2-5-11-25)29-14-8-9-15-30(29)35(32(27)37)22-26-12-6-3-7-13-26/h2-19,27H,20-23H2,1H3,(H,33,36). The molecule has 4 aromatic carbocycles. The number of hydrogen-bond donors (Lipinski definition) is 1. The molecule has 5 heteroatoms. The first-order chi connectivity index (χ1) is 18.1. The van der Waals surface area contributed by atoms with Gasteiger partial charge in [-0.05, 0) is 42.3 Å².